The zero-order valence-electron chi connectivity index (χ0n) is 18.2. The van der Waals surface area contributed by atoms with Gasteiger partial charge in [-0.2, -0.15) is 0 Å². The van der Waals surface area contributed by atoms with Crippen LogP contribution in [0.1, 0.15) is 29.7 Å². The van der Waals surface area contributed by atoms with Crippen LogP contribution in [-0.4, -0.2) is 35.0 Å². The number of carbonyl (C=O) groups is 2. The molecule has 166 valence electrons. The first-order valence-electron chi connectivity index (χ1n) is 10.6. The fraction of sp³-hybridized carbons (Fsp3) is 0.192. The fourth-order valence-corrected chi connectivity index (χ4v) is 4.43. The molecule has 33 heavy (non-hydrogen) atoms. The predicted molar refractivity (Wildman–Crippen MR) is 122 cm³/mol. The molecule has 2 unspecified atom stereocenters. The number of rotatable bonds is 4. The third kappa shape index (κ3) is 3.51. The summed E-state index contributed by atoms with van der Waals surface area (Å²) in [5, 5.41) is 11.3. The first-order valence-corrected chi connectivity index (χ1v) is 10.6. The molecule has 1 saturated heterocycles. The number of methoxy groups -OCH3 is 1. The zero-order valence-corrected chi connectivity index (χ0v) is 18.2. The first-order chi connectivity index (χ1) is 16.0. The molecule has 1 fully saturated rings. The molecule has 2 aliphatic rings. The number of carbonyl (C=O) groups excluding carboxylic acids is 2. The van der Waals surface area contributed by atoms with Crippen molar-refractivity contribution in [3.63, 3.8) is 0 Å². The van der Waals surface area contributed by atoms with E-state index in [1.165, 1.54) is 4.90 Å². The highest BCUT2D eigenvalue weighted by atomic mass is 16.5. The number of fused-ring (bicyclic) bond motifs is 1. The van der Waals surface area contributed by atoms with E-state index in [0.29, 0.717) is 29.0 Å². The molecule has 0 aliphatic carbocycles. The summed E-state index contributed by atoms with van der Waals surface area (Å²) in [4.78, 5) is 31.9. The van der Waals surface area contributed by atoms with Crippen molar-refractivity contribution in [1.29, 1.82) is 0 Å². The number of pyridine rings is 1. The zero-order chi connectivity index (χ0) is 23.1. The Labute approximate surface area is 190 Å². The normalized spacial score (nSPS) is 21.1. The molecule has 1 N–H and O–H groups in total. The van der Waals surface area contributed by atoms with E-state index < -0.39 is 17.7 Å². The SMILES string of the molecule is COc1ccc(N2C(=O)C(=O)/C(=C(\O)c3ccc4c(c3)CC(C)O4)C2c2ccncc2)cc1. The van der Waals surface area contributed by atoms with Gasteiger partial charge in [0.25, 0.3) is 11.7 Å². The van der Waals surface area contributed by atoms with E-state index in [4.69, 9.17) is 9.47 Å². The Kier molecular flexibility index (Phi) is 5.09. The number of ketones is 1. The van der Waals surface area contributed by atoms with Gasteiger partial charge in [-0.3, -0.25) is 19.5 Å². The number of Topliss-reactive ketones (excluding diaryl/α,β-unsaturated/α-hetero) is 1. The van der Waals surface area contributed by atoms with Gasteiger partial charge in [-0.05, 0) is 72.6 Å². The van der Waals surface area contributed by atoms with Gasteiger partial charge >= 0.3 is 0 Å². The summed E-state index contributed by atoms with van der Waals surface area (Å²) >= 11 is 0. The molecule has 2 atom stereocenters. The first kappa shape index (κ1) is 20.8. The molecule has 5 rings (SSSR count). The van der Waals surface area contributed by atoms with E-state index in [-0.39, 0.29) is 17.4 Å². The highest BCUT2D eigenvalue weighted by Gasteiger charge is 2.47. The van der Waals surface area contributed by atoms with Gasteiger partial charge in [0, 0.05) is 30.1 Å². The fourth-order valence-electron chi connectivity index (χ4n) is 4.43. The largest absolute Gasteiger partial charge is 0.507 e. The summed E-state index contributed by atoms with van der Waals surface area (Å²) in [6.07, 6.45) is 3.95. The maximum absolute atomic E-state index is 13.2. The molecule has 0 spiro atoms. The van der Waals surface area contributed by atoms with E-state index in [1.54, 1.807) is 68.0 Å². The molecule has 2 aliphatic heterocycles. The number of hydrogen-bond donors (Lipinski definition) is 1. The maximum atomic E-state index is 13.2. The van der Waals surface area contributed by atoms with Crippen LogP contribution in [0.3, 0.4) is 0 Å². The summed E-state index contributed by atoms with van der Waals surface area (Å²) in [6, 6.07) is 14.9. The second-order valence-electron chi connectivity index (χ2n) is 8.10. The standard InChI is InChI=1S/C26H22N2O5/c1-15-13-18-14-17(3-8-21(18)33-15)24(29)22-23(16-9-11-27-12-10-16)28(26(31)25(22)30)19-4-6-20(32-2)7-5-19/h3-12,14-15,23,29H,13H2,1-2H3/b24-22-. The Bertz CT molecular complexity index is 1270. The number of hydrogen-bond acceptors (Lipinski definition) is 6. The molecular formula is C26H22N2O5. The monoisotopic (exact) mass is 442 g/mol. The minimum atomic E-state index is -0.801. The molecule has 0 bridgehead atoms. The molecule has 3 aromatic rings. The average molecular weight is 442 g/mol. The molecule has 0 radical (unpaired) electrons. The number of anilines is 1. The van der Waals surface area contributed by atoms with Crippen LogP contribution in [0, 0.1) is 0 Å². The van der Waals surface area contributed by atoms with Crippen molar-refractivity contribution < 1.29 is 24.2 Å². The lowest BCUT2D eigenvalue weighted by molar-refractivity contribution is -0.132. The van der Waals surface area contributed by atoms with Crippen LogP contribution in [0.15, 0.2) is 72.6 Å². The van der Waals surface area contributed by atoms with Crippen LogP contribution in [0.2, 0.25) is 0 Å². The van der Waals surface area contributed by atoms with Crippen molar-refractivity contribution >= 4 is 23.1 Å². The van der Waals surface area contributed by atoms with Crippen LogP contribution < -0.4 is 14.4 Å². The van der Waals surface area contributed by atoms with Gasteiger partial charge in [-0.1, -0.05) is 0 Å². The quantitative estimate of drug-likeness (QED) is 0.373. The summed E-state index contributed by atoms with van der Waals surface area (Å²) in [5.41, 5.74) is 2.65. The average Bonchev–Trinajstić information content (AvgIpc) is 3.34. The van der Waals surface area contributed by atoms with Crippen LogP contribution in [0.25, 0.3) is 5.76 Å². The second kappa shape index (κ2) is 8.09. The topological polar surface area (TPSA) is 89.0 Å². The Morgan fingerprint density at radius 2 is 1.82 bits per heavy atom. The van der Waals surface area contributed by atoms with E-state index >= 15 is 0 Å². The van der Waals surface area contributed by atoms with Crippen molar-refractivity contribution in [1.82, 2.24) is 4.98 Å². The van der Waals surface area contributed by atoms with E-state index in [2.05, 4.69) is 4.98 Å². The molecule has 3 heterocycles. The lowest BCUT2D eigenvalue weighted by Crippen LogP contribution is -2.29. The van der Waals surface area contributed by atoms with Gasteiger partial charge in [0.05, 0.1) is 18.7 Å². The number of nitrogens with zero attached hydrogens (tertiary/aromatic N) is 2. The van der Waals surface area contributed by atoms with Crippen molar-refractivity contribution in [2.75, 3.05) is 12.0 Å². The van der Waals surface area contributed by atoms with Gasteiger partial charge in [0.15, 0.2) is 0 Å². The van der Waals surface area contributed by atoms with E-state index in [1.807, 2.05) is 13.0 Å². The van der Waals surface area contributed by atoms with Crippen LogP contribution >= 0.6 is 0 Å². The molecule has 1 aromatic heterocycles. The van der Waals surface area contributed by atoms with Crippen LogP contribution in [0.5, 0.6) is 11.5 Å². The number of ether oxygens (including phenoxy) is 2. The van der Waals surface area contributed by atoms with Crippen molar-refractivity contribution in [3.05, 3.63) is 89.3 Å². The maximum Gasteiger partial charge on any atom is 0.300 e. The van der Waals surface area contributed by atoms with E-state index in [9.17, 15) is 14.7 Å². The number of aromatic nitrogens is 1. The Hall–Kier alpha value is -4.13. The molecular weight excluding hydrogens is 420 g/mol. The van der Waals surface area contributed by atoms with Gasteiger partial charge < -0.3 is 14.6 Å². The molecule has 7 heteroatoms. The van der Waals surface area contributed by atoms with Gasteiger partial charge in [-0.15, -0.1) is 0 Å². The molecule has 2 aromatic carbocycles. The Morgan fingerprint density at radius 1 is 1.09 bits per heavy atom. The van der Waals surface area contributed by atoms with Crippen molar-refractivity contribution in [2.24, 2.45) is 0 Å². The lowest BCUT2D eigenvalue weighted by atomic mass is 9.95. The Morgan fingerprint density at radius 3 is 2.52 bits per heavy atom. The number of aliphatic hydroxyl groups is 1. The predicted octanol–water partition coefficient (Wildman–Crippen LogP) is 4.04. The molecule has 7 nitrogen and oxygen atoms in total. The third-order valence-electron chi connectivity index (χ3n) is 5.99. The number of aliphatic hydroxyl groups excluding tert-OH is 1. The summed E-state index contributed by atoms with van der Waals surface area (Å²) in [7, 11) is 1.56. The Balaban J connectivity index is 1.66. The van der Waals surface area contributed by atoms with Crippen LogP contribution in [0.4, 0.5) is 5.69 Å². The molecule has 0 saturated carbocycles. The minimum Gasteiger partial charge on any atom is -0.507 e. The van der Waals surface area contributed by atoms with Gasteiger partial charge in [-0.25, -0.2) is 0 Å². The number of amides is 1. The second-order valence-corrected chi connectivity index (χ2v) is 8.10. The van der Waals surface area contributed by atoms with E-state index in [0.717, 1.165) is 11.3 Å². The lowest BCUT2D eigenvalue weighted by Gasteiger charge is -2.25. The van der Waals surface area contributed by atoms with Crippen molar-refractivity contribution in [2.45, 2.75) is 25.5 Å². The number of benzene rings is 2. The highest BCUT2D eigenvalue weighted by Crippen LogP contribution is 2.43. The third-order valence-corrected chi connectivity index (χ3v) is 5.99. The highest BCUT2D eigenvalue weighted by molar-refractivity contribution is 6.51. The van der Waals surface area contributed by atoms with Gasteiger partial charge in [0.2, 0.25) is 0 Å². The van der Waals surface area contributed by atoms with Crippen molar-refractivity contribution in [3.8, 4) is 11.5 Å². The smallest absolute Gasteiger partial charge is 0.300 e. The van der Waals surface area contributed by atoms with Gasteiger partial charge in [0.1, 0.15) is 23.4 Å². The summed E-state index contributed by atoms with van der Waals surface area (Å²) in [6.45, 7) is 1.98. The summed E-state index contributed by atoms with van der Waals surface area (Å²) < 4.78 is 11.0. The molecule has 1 amide bonds. The minimum absolute atomic E-state index is 0.0360. The summed E-state index contributed by atoms with van der Waals surface area (Å²) in [5.74, 6) is -0.265. The van der Waals surface area contributed by atoms with Crippen LogP contribution in [-0.2, 0) is 16.0 Å².